The Morgan fingerprint density at radius 3 is 2.14 bits per heavy atom. The quantitative estimate of drug-likeness (QED) is 0.507. The minimum atomic E-state index is -1.53. The monoisotopic (exact) mass is 190 g/mol. The number of hydrogen-bond donors (Lipinski definition) is 2. The van der Waals surface area contributed by atoms with E-state index in [9.17, 15) is 0 Å². The summed E-state index contributed by atoms with van der Waals surface area (Å²) in [6.45, 7) is 2.05. The summed E-state index contributed by atoms with van der Waals surface area (Å²) in [5, 5.41) is 0. The lowest BCUT2D eigenvalue weighted by Gasteiger charge is -2.01. The smallest absolute Gasteiger partial charge is 0.103 e. The summed E-state index contributed by atoms with van der Waals surface area (Å²) < 4.78 is -1.53. The van der Waals surface area contributed by atoms with Gasteiger partial charge >= 0.3 is 0 Å². The normalized spacial score (nSPS) is 11.9. The van der Waals surface area contributed by atoms with E-state index in [1.165, 1.54) is 0 Å². The Morgan fingerprint density at radius 2 is 2.14 bits per heavy atom. The van der Waals surface area contributed by atoms with Crippen molar-refractivity contribution in [2.24, 2.45) is 0 Å². The molecule has 0 aliphatic rings. The van der Waals surface area contributed by atoms with Gasteiger partial charge in [0, 0.05) is 0 Å². The van der Waals surface area contributed by atoms with Gasteiger partial charge in [-0.15, -0.1) is 35.9 Å². The molecule has 0 rings (SSSR count). The van der Waals surface area contributed by atoms with Crippen LogP contribution in [-0.2, 0) is 11.8 Å². The van der Waals surface area contributed by atoms with Crippen molar-refractivity contribution in [1.29, 1.82) is 0 Å². The first-order valence-electron chi connectivity index (χ1n) is 1.76. The molecule has 0 saturated carbocycles. The molecule has 0 aromatic carbocycles. The zero-order valence-corrected chi connectivity index (χ0v) is 8.18. The highest BCUT2D eigenvalue weighted by Crippen LogP contribution is 2.66. The van der Waals surface area contributed by atoms with Crippen LogP contribution in [0.25, 0.3) is 0 Å². The molecule has 0 unspecified atom stereocenters. The van der Waals surface area contributed by atoms with E-state index in [0.717, 1.165) is 5.75 Å². The van der Waals surface area contributed by atoms with Crippen LogP contribution in [0.3, 0.4) is 0 Å². The molecular formula is C2H7PS4. The van der Waals surface area contributed by atoms with E-state index in [-0.39, 0.29) is 0 Å². The van der Waals surface area contributed by atoms with Crippen molar-refractivity contribution >= 4 is 51.3 Å². The van der Waals surface area contributed by atoms with Crippen LogP contribution in [0.5, 0.6) is 0 Å². The fourth-order valence-corrected chi connectivity index (χ4v) is 4.54. The van der Waals surface area contributed by atoms with Crippen LogP contribution < -0.4 is 0 Å². The Kier molecular flexibility index (Phi) is 4.57. The van der Waals surface area contributed by atoms with Crippen LogP contribution in [0.4, 0.5) is 0 Å². The molecule has 0 aromatic rings. The van der Waals surface area contributed by atoms with Gasteiger partial charge in [-0.2, -0.15) is 0 Å². The van der Waals surface area contributed by atoms with Crippen LogP contribution >= 0.6 is 39.5 Å². The van der Waals surface area contributed by atoms with Crippen LogP contribution in [-0.4, -0.2) is 5.75 Å². The third-order valence-electron chi connectivity index (χ3n) is 0.297. The van der Waals surface area contributed by atoms with Crippen molar-refractivity contribution in [3.63, 3.8) is 0 Å². The highest BCUT2D eigenvalue weighted by atomic mass is 33.5. The van der Waals surface area contributed by atoms with Gasteiger partial charge in [0.1, 0.15) is 3.64 Å². The van der Waals surface area contributed by atoms with Gasteiger partial charge in [-0.1, -0.05) is 18.7 Å². The average Bonchev–Trinajstić information content (AvgIpc) is 1.30. The highest BCUT2D eigenvalue weighted by Gasteiger charge is 1.99. The van der Waals surface area contributed by atoms with E-state index < -0.39 is 3.64 Å². The first kappa shape index (κ1) is 8.70. The van der Waals surface area contributed by atoms with E-state index in [2.05, 4.69) is 31.4 Å². The van der Waals surface area contributed by atoms with E-state index >= 15 is 0 Å². The van der Waals surface area contributed by atoms with Gasteiger partial charge in [0.05, 0.1) is 0 Å². The molecule has 5 heteroatoms. The topological polar surface area (TPSA) is 0 Å². The van der Waals surface area contributed by atoms with Gasteiger partial charge in [0.15, 0.2) is 0 Å². The number of rotatable bonds is 2. The molecule has 7 heavy (non-hydrogen) atoms. The molecule has 0 saturated heterocycles. The van der Waals surface area contributed by atoms with E-state index in [1.807, 2.05) is 0 Å². The average molecular weight is 190 g/mol. The summed E-state index contributed by atoms with van der Waals surface area (Å²) in [4.78, 5) is 0. The third kappa shape index (κ3) is 7.70. The first-order valence-corrected chi connectivity index (χ1v) is 8.46. The molecule has 0 N–H and O–H groups in total. The van der Waals surface area contributed by atoms with Crippen molar-refractivity contribution < 1.29 is 0 Å². The summed E-state index contributed by atoms with van der Waals surface area (Å²) in [6, 6.07) is 0. The lowest BCUT2D eigenvalue weighted by atomic mass is 11.0. The molecule has 0 amide bonds. The largest absolute Gasteiger partial charge is 0.122 e. The molecule has 0 aliphatic carbocycles. The minimum Gasteiger partial charge on any atom is -0.122 e. The second kappa shape index (κ2) is 3.67. The molecule has 0 heterocycles. The second-order valence-electron chi connectivity index (χ2n) is 0.908. The molecule has 0 aliphatic heterocycles. The van der Waals surface area contributed by atoms with Crippen molar-refractivity contribution in [2.45, 2.75) is 6.92 Å². The SMILES string of the molecule is CCSP(=S)(S)S. The van der Waals surface area contributed by atoms with Gasteiger partial charge < -0.3 is 0 Å². The zero-order chi connectivity index (χ0) is 5.91. The fraction of sp³-hybridized carbons (Fsp3) is 1.00. The number of thiol groups is 2. The Morgan fingerprint density at radius 1 is 1.71 bits per heavy atom. The van der Waals surface area contributed by atoms with Crippen LogP contribution in [0.1, 0.15) is 6.92 Å². The molecule has 0 spiro atoms. The zero-order valence-electron chi connectivity index (χ0n) is 3.87. The third-order valence-corrected chi connectivity index (χ3v) is 5.70. The van der Waals surface area contributed by atoms with Crippen molar-refractivity contribution in [3.05, 3.63) is 0 Å². The lowest BCUT2D eigenvalue weighted by Crippen LogP contribution is -1.54. The van der Waals surface area contributed by atoms with Gasteiger partial charge in [0.2, 0.25) is 0 Å². The highest BCUT2D eigenvalue weighted by molar-refractivity contribution is 9.17. The van der Waals surface area contributed by atoms with Crippen molar-refractivity contribution in [2.75, 3.05) is 5.75 Å². The molecule has 44 valence electrons. The fourth-order valence-electron chi connectivity index (χ4n) is 0.168. The predicted molar refractivity (Wildman–Crippen MR) is 50.4 cm³/mol. The summed E-state index contributed by atoms with van der Waals surface area (Å²) >= 11 is 14.7. The molecule has 0 nitrogen and oxygen atoms in total. The second-order valence-corrected chi connectivity index (χ2v) is 15.3. The van der Waals surface area contributed by atoms with Gasteiger partial charge in [-0.3, -0.25) is 0 Å². The Labute approximate surface area is 63.9 Å². The maximum atomic E-state index is 4.89. The summed E-state index contributed by atoms with van der Waals surface area (Å²) in [7, 11) is 0. The van der Waals surface area contributed by atoms with Crippen LogP contribution in [0.15, 0.2) is 0 Å². The molecular weight excluding hydrogens is 183 g/mol. The predicted octanol–water partition coefficient (Wildman–Crippen LogP) is 2.82. The first-order chi connectivity index (χ1) is 3.06. The van der Waals surface area contributed by atoms with Gasteiger partial charge in [-0.25, -0.2) is 0 Å². The maximum Gasteiger partial charge on any atom is 0.103 e. The summed E-state index contributed by atoms with van der Waals surface area (Å²) in [5.41, 5.74) is 0. The van der Waals surface area contributed by atoms with E-state index in [4.69, 9.17) is 11.8 Å². The van der Waals surface area contributed by atoms with Crippen molar-refractivity contribution in [1.82, 2.24) is 0 Å². The minimum absolute atomic E-state index is 1.02. The van der Waals surface area contributed by atoms with E-state index in [0.29, 0.717) is 0 Å². The number of hydrogen-bond acceptors (Lipinski definition) is 2. The molecule has 0 atom stereocenters. The summed E-state index contributed by atoms with van der Waals surface area (Å²) in [6.07, 6.45) is 0. The Hall–Kier alpha value is 1.70. The van der Waals surface area contributed by atoms with Crippen LogP contribution in [0, 0.1) is 0 Å². The van der Waals surface area contributed by atoms with Crippen LogP contribution in [0.2, 0.25) is 0 Å². The van der Waals surface area contributed by atoms with Gasteiger partial charge in [-0.05, 0) is 5.75 Å². The molecule has 0 radical (unpaired) electrons. The van der Waals surface area contributed by atoms with Crippen molar-refractivity contribution in [3.8, 4) is 0 Å². The molecule has 0 bridgehead atoms. The van der Waals surface area contributed by atoms with Gasteiger partial charge in [0.25, 0.3) is 0 Å². The Bertz CT molecular complexity index is 83.7. The standard InChI is InChI=1S/C2H7PS4/c1-2-7-3(4,5)6/h2H2,1H3,(H2,4,5,6). The van der Waals surface area contributed by atoms with E-state index in [1.54, 1.807) is 11.4 Å². The maximum absolute atomic E-state index is 4.89. The summed E-state index contributed by atoms with van der Waals surface area (Å²) in [5.74, 6) is 1.02. The molecule has 0 aromatic heterocycles. The molecule has 0 fully saturated rings. The Balaban J connectivity index is 3.36. The lowest BCUT2D eigenvalue weighted by molar-refractivity contribution is 1.54.